The molecule has 1 aromatic heterocycles. The smallest absolute Gasteiger partial charge is 0.0500 e. The van der Waals surface area contributed by atoms with Gasteiger partial charge >= 0.3 is 0 Å². The average Bonchev–Trinajstić information content (AvgIpc) is 3.40. The number of piperidine rings is 1. The van der Waals surface area contributed by atoms with Crippen LogP contribution in [0.15, 0.2) is 48.1 Å². The molecule has 2 nitrogen and oxygen atoms in total. The van der Waals surface area contributed by atoms with E-state index in [0.29, 0.717) is 11.8 Å². The summed E-state index contributed by atoms with van der Waals surface area (Å²) in [6, 6.07) is 7.21. The molecular weight excluding hydrogens is 400 g/mol. The SMILES string of the molecule is C=C(C)/C=C(\C=C(C)C)c1[nH]c2ccc(C3CCN(CC4CCCC4)CC3)cc2c1C(C)C. The van der Waals surface area contributed by atoms with E-state index in [-0.39, 0.29) is 0 Å². The van der Waals surface area contributed by atoms with Gasteiger partial charge in [-0.3, -0.25) is 0 Å². The van der Waals surface area contributed by atoms with Gasteiger partial charge in [-0.2, -0.15) is 0 Å². The molecule has 2 aromatic rings. The van der Waals surface area contributed by atoms with Gasteiger partial charge in [0.05, 0.1) is 0 Å². The Bertz CT molecular complexity index is 1030. The van der Waals surface area contributed by atoms with Crippen molar-refractivity contribution in [3.05, 3.63) is 64.9 Å². The Kier molecular flexibility index (Phi) is 7.64. The minimum absolute atomic E-state index is 0.455. The second-order valence-electron chi connectivity index (χ2n) is 11.3. The van der Waals surface area contributed by atoms with E-state index in [9.17, 15) is 0 Å². The summed E-state index contributed by atoms with van der Waals surface area (Å²) in [7, 11) is 0. The molecule has 33 heavy (non-hydrogen) atoms. The quantitative estimate of drug-likeness (QED) is 0.424. The van der Waals surface area contributed by atoms with Crippen molar-refractivity contribution in [3.8, 4) is 0 Å². The molecule has 2 heterocycles. The monoisotopic (exact) mass is 444 g/mol. The van der Waals surface area contributed by atoms with Crippen molar-refractivity contribution in [1.82, 2.24) is 9.88 Å². The first-order valence-electron chi connectivity index (χ1n) is 13.2. The van der Waals surface area contributed by atoms with Gasteiger partial charge in [0.2, 0.25) is 0 Å². The molecule has 2 aliphatic rings. The summed E-state index contributed by atoms with van der Waals surface area (Å²) in [5, 5.41) is 1.40. The first-order chi connectivity index (χ1) is 15.8. The van der Waals surface area contributed by atoms with Crippen LogP contribution in [0.2, 0.25) is 0 Å². The summed E-state index contributed by atoms with van der Waals surface area (Å²) in [5.41, 5.74) is 9.11. The Balaban J connectivity index is 1.60. The molecule has 1 saturated heterocycles. The van der Waals surface area contributed by atoms with E-state index in [1.54, 1.807) is 0 Å². The molecule has 0 unspecified atom stereocenters. The molecule has 0 radical (unpaired) electrons. The number of aromatic amines is 1. The van der Waals surface area contributed by atoms with Crippen LogP contribution in [0.1, 0.15) is 102 Å². The van der Waals surface area contributed by atoms with Crippen LogP contribution >= 0.6 is 0 Å². The van der Waals surface area contributed by atoms with Crippen LogP contribution < -0.4 is 0 Å². The highest BCUT2D eigenvalue weighted by Crippen LogP contribution is 2.38. The summed E-state index contributed by atoms with van der Waals surface area (Å²) < 4.78 is 0. The van der Waals surface area contributed by atoms with Crippen LogP contribution in [-0.4, -0.2) is 29.5 Å². The van der Waals surface area contributed by atoms with E-state index >= 15 is 0 Å². The van der Waals surface area contributed by atoms with Gasteiger partial charge in [-0.25, -0.2) is 0 Å². The topological polar surface area (TPSA) is 19.0 Å². The number of likely N-dealkylation sites (tertiary alicyclic amines) is 1. The van der Waals surface area contributed by atoms with E-state index < -0.39 is 0 Å². The Labute approximate surface area is 201 Å². The summed E-state index contributed by atoms with van der Waals surface area (Å²) in [4.78, 5) is 6.51. The summed E-state index contributed by atoms with van der Waals surface area (Å²) >= 11 is 0. The predicted molar refractivity (Wildman–Crippen MR) is 145 cm³/mol. The molecule has 2 heteroatoms. The lowest BCUT2D eigenvalue weighted by atomic mass is 9.87. The van der Waals surface area contributed by atoms with Gasteiger partial charge in [0.25, 0.3) is 0 Å². The Morgan fingerprint density at radius 3 is 2.36 bits per heavy atom. The molecule has 1 aliphatic heterocycles. The second kappa shape index (κ2) is 10.5. The Morgan fingerprint density at radius 1 is 1.06 bits per heavy atom. The maximum atomic E-state index is 4.15. The zero-order valence-electron chi connectivity index (χ0n) is 21.6. The Hall–Kier alpha value is -2.06. The largest absolute Gasteiger partial charge is 0.354 e. The molecule has 0 atom stereocenters. The number of benzene rings is 1. The first-order valence-corrected chi connectivity index (χ1v) is 13.2. The molecule has 1 aliphatic carbocycles. The summed E-state index contributed by atoms with van der Waals surface area (Å²) in [6.07, 6.45) is 12.9. The minimum atomic E-state index is 0.455. The lowest BCUT2D eigenvalue weighted by Gasteiger charge is -2.33. The average molecular weight is 445 g/mol. The Morgan fingerprint density at radius 2 is 1.76 bits per heavy atom. The molecule has 1 aromatic carbocycles. The molecular formula is C31H44N2. The van der Waals surface area contributed by atoms with Gasteiger partial charge in [0, 0.05) is 23.1 Å². The molecule has 1 saturated carbocycles. The maximum Gasteiger partial charge on any atom is 0.0500 e. The van der Waals surface area contributed by atoms with Gasteiger partial charge in [0.1, 0.15) is 0 Å². The standard InChI is InChI=1S/C31H44N2/c1-21(2)17-27(18-22(3)4)31-30(23(5)6)28-19-26(11-12-29(28)32-31)25-13-15-33(16-14-25)20-24-9-7-8-10-24/h11-12,17-19,23-25,32H,1,7-10,13-16,20H2,2-6H3/b27-17+. The molecule has 2 fully saturated rings. The summed E-state index contributed by atoms with van der Waals surface area (Å²) in [6.45, 7) is 19.1. The van der Waals surface area contributed by atoms with Crippen molar-refractivity contribution in [3.63, 3.8) is 0 Å². The van der Waals surface area contributed by atoms with Crippen molar-refractivity contribution in [2.24, 2.45) is 5.92 Å². The van der Waals surface area contributed by atoms with E-state index in [1.165, 1.54) is 97.0 Å². The van der Waals surface area contributed by atoms with Gasteiger partial charge in [-0.1, -0.05) is 62.6 Å². The highest BCUT2D eigenvalue weighted by molar-refractivity contribution is 5.92. The fourth-order valence-corrected chi connectivity index (χ4v) is 6.08. The number of hydrogen-bond donors (Lipinski definition) is 1. The molecule has 4 rings (SSSR count). The zero-order valence-corrected chi connectivity index (χ0v) is 21.6. The molecule has 0 amide bonds. The van der Waals surface area contributed by atoms with Crippen molar-refractivity contribution in [2.75, 3.05) is 19.6 Å². The fourth-order valence-electron chi connectivity index (χ4n) is 6.08. The number of allylic oxidation sites excluding steroid dienone is 5. The number of rotatable bonds is 7. The highest BCUT2D eigenvalue weighted by atomic mass is 15.1. The van der Waals surface area contributed by atoms with Crippen LogP contribution in [0.25, 0.3) is 16.5 Å². The lowest BCUT2D eigenvalue weighted by molar-refractivity contribution is 0.183. The van der Waals surface area contributed by atoms with Crippen molar-refractivity contribution in [1.29, 1.82) is 0 Å². The molecule has 0 bridgehead atoms. The normalized spacial score (nSPS) is 19.0. The van der Waals surface area contributed by atoms with Gasteiger partial charge in [0.15, 0.2) is 0 Å². The third kappa shape index (κ3) is 5.72. The van der Waals surface area contributed by atoms with Crippen LogP contribution in [0.3, 0.4) is 0 Å². The van der Waals surface area contributed by atoms with E-state index in [0.717, 1.165) is 11.5 Å². The van der Waals surface area contributed by atoms with E-state index in [2.05, 4.69) is 81.4 Å². The van der Waals surface area contributed by atoms with Crippen molar-refractivity contribution >= 4 is 16.5 Å². The van der Waals surface area contributed by atoms with E-state index in [4.69, 9.17) is 0 Å². The first kappa shape index (κ1) is 24.1. The number of nitrogens with one attached hydrogen (secondary N) is 1. The number of aromatic nitrogens is 1. The lowest BCUT2D eigenvalue weighted by Crippen LogP contribution is -2.36. The fraction of sp³-hybridized carbons (Fsp3) is 0.548. The van der Waals surface area contributed by atoms with E-state index in [1.807, 2.05) is 0 Å². The van der Waals surface area contributed by atoms with Crippen molar-refractivity contribution in [2.45, 2.75) is 85.0 Å². The van der Waals surface area contributed by atoms with Crippen LogP contribution in [0.5, 0.6) is 0 Å². The van der Waals surface area contributed by atoms with Gasteiger partial charge in [-0.15, -0.1) is 0 Å². The van der Waals surface area contributed by atoms with Crippen LogP contribution in [0, 0.1) is 5.92 Å². The zero-order chi connectivity index (χ0) is 23.5. The highest BCUT2D eigenvalue weighted by Gasteiger charge is 2.25. The number of hydrogen-bond acceptors (Lipinski definition) is 1. The van der Waals surface area contributed by atoms with Gasteiger partial charge in [-0.05, 0) is 106 Å². The second-order valence-corrected chi connectivity index (χ2v) is 11.3. The number of nitrogens with zero attached hydrogens (tertiary/aromatic N) is 1. The number of fused-ring (bicyclic) bond motifs is 1. The predicted octanol–water partition coefficient (Wildman–Crippen LogP) is 8.59. The van der Waals surface area contributed by atoms with Crippen LogP contribution in [0.4, 0.5) is 0 Å². The summed E-state index contributed by atoms with van der Waals surface area (Å²) in [5.74, 6) is 2.11. The molecule has 0 spiro atoms. The third-order valence-electron chi connectivity index (χ3n) is 7.63. The minimum Gasteiger partial charge on any atom is -0.354 e. The van der Waals surface area contributed by atoms with Crippen LogP contribution in [-0.2, 0) is 0 Å². The molecule has 178 valence electrons. The van der Waals surface area contributed by atoms with Gasteiger partial charge < -0.3 is 9.88 Å². The third-order valence-corrected chi connectivity index (χ3v) is 7.63. The van der Waals surface area contributed by atoms with Crippen molar-refractivity contribution < 1.29 is 0 Å². The number of H-pyrrole nitrogens is 1. The molecule has 1 N–H and O–H groups in total. The maximum absolute atomic E-state index is 4.15.